The first-order valence-electron chi connectivity index (χ1n) is 9.26. The maximum absolute atomic E-state index is 12.7. The van der Waals surface area contributed by atoms with E-state index >= 15 is 0 Å². The van der Waals surface area contributed by atoms with E-state index < -0.39 is 0 Å². The molecular weight excluding hydrogens is 332 g/mol. The summed E-state index contributed by atoms with van der Waals surface area (Å²) in [5.74, 6) is -0.244. The number of amides is 2. The number of methoxy groups -OCH3 is 1. The van der Waals surface area contributed by atoms with Crippen molar-refractivity contribution in [1.82, 2.24) is 20.0 Å². The first kappa shape index (κ1) is 18.4. The van der Waals surface area contributed by atoms with E-state index in [0.29, 0.717) is 18.7 Å². The second-order valence-electron chi connectivity index (χ2n) is 6.65. The van der Waals surface area contributed by atoms with Crippen molar-refractivity contribution in [3.05, 3.63) is 35.9 Å². The van der Waals surface area contributed by atoms with Crippen LogP contribution in [0, 0.1) is 0 Å². The quantitative estimate of drug-likeness (QED) is 0.743. The number of imidazole rings is 1. The van der Waals surface area contributed by atoms with Crippen molar-refractivity contribution in [3.8, 4) is 0 Å². The van der Waals surface area contributed by atoms with Gasteiger partial charge in [-0.15, -0.1) is 0 Å². The van der Waals surface area contributed by atoms with Gasteiger partial charge >= 0.3 is 0 Å². The van der Waals surface area contributed by atoms with Crippen molar-refractivity contribution in [2.24, 2.45) is 0 Å². The first-order chi connectivity index (χ1) is 12.7. The number of aromatic nitrogens is 2. The Morgan fingerprint density at radius 3 is 2.81 bits per heavy atom. The van der Waals surface area contributed by atoms with Crippen LogP contribution in [-0.4, -0.2) is 47.5 Å². The molecule has 1 aliphatic rings. The number of hydrogen-bond donors (Lipinski definition) is 2. The molecule has 7 heteroatoms. The third-order valence-corrected chi connectivity index (χ3v) is 4.72. The van der Waals surface area contributed by atoms with Gasteiger partial charge in [-0.3, -0.25) is 14.0 Å². The number of fused-ring (bicyclic) bond motifs is 1. The van der Waals surface area contributed by atoms with E-state index in [1.807, 2.05) is 12.1 Å². The Bertz CT molecular complexity index is 765. The van der Waals surface area contributed by atoms with Gasteiger partial charge in [0.2, 0.25) is 5.82 Å². The summed E-state index contributed by atoms with van der Waals surface area (Å²) in [4.78, 5) is 29.6. The highest BCUT2D eigenvalue weighted by molar-refractivity contribution is 6.02. The standard InChI is InChI=1S/C19H26N4O3/c1-26-13-7-11-20-18(24)16-15-10-5-6-12-23(15)17(22-16)19(25)21-14-8-3-2-4-9-14/h5-6,10,12,14H,2-4,7-9,11,13H2,1H3,(H,20,24)(H,21,25). The highest BCUT2D eigenvalue weighted by atomic mass is 16.5. The van der Waals surface area contributed by atoms with Crippen LogP contribution < -0.4 is 10.6 Å². The third kappa shape index (κ3) is 4.22. The lowest BCUT2D eigenvalue weighted by atomic mass is 9.95. The number of nitrogens with one attached hydrogen (secondary N) is 2. The second kappa shape index (κ2) is 8.80. The number of nitrogens with zero attached hydrogens (tertiary/aromatic N) is 2. The number of carbonyl (C=O) groups excluding carboxylic acids is 2. The molecule has 2 heterocycles. The number of pyridine rings is 1. The molecule has 0 saturated heterocycles. The minimum Gasteiger partial charge on any atom is -0.385 e. The second-order valence-corrected chi connectivity index (χ2v) is 6.65. The molecule has 0 bridgehead atoms. The predicted octanol–water partition coefficient (Wildman–Crippen LogP) is 2.16. The topological polar surface area (TPSA) is 84.7 Å². The molecular formula is C19H26N4O3. The number of rotatable bonds is 7. The zero-order valence-electron chi connectivity index (χ0n) is 15.2. The summed E-state index contributed by atoms with van der Waals surface area (Å²) in [6.45, 7) is 1.08. The number of hydrogen-bond acceptors (Lipinski definition) is 4. The molecule has 140 valence electrons. The van der Waals surface area contributed by atoms with Crippen LogP contribution in [0.1, 0.15) is 59.6 Å². The molecule has 1 saturated carbocycles. The van der Waals surface area contributed by atoms with Crippen LogP contribution in [-0.2, 0) is 4.74 Å². The minimum absolute atomic E-state index is 0.193. The summed E-state index contributed by atoms with van der Waals surface area (Å²) in [5.41, 5.74) is 0.905. The molecule has 3 rings (SSSR count). The van der Waals surface area contributed by atoms with Crippen molar-refractivity contribution < 1.29 is 14.3 Å². The molecule has 0 unspecified atom stereocenters. The van der Waals surface area contributed by atoms with Gasteiger partial charge in [0.05, 0.1) is 5.52 Å². The van der Waals surface area contributed by atoms with Crippen LogP contribution in [0.25, 0.3) is 5.52 Å². The zero-order valence-corrected chi connectivity index (χ0v) is 15.2. The lowest BCUT2D eigenvalue weighted by molar-refractivity contribution is 0.0916. The highest BCUT2D eigenvalue weighted by Crippen LogP contribution is 2.19. The molecule has 1 aliphatic carbocycles. The predicted molar refractivity (Wildman–Crippen MR) is 98.4 cm³/mol. The molecule has 2 aromatic rings. The lowest BCUT2D eigenvalue weighted by Crippen LogP contribution is -2.37. The summed E-state index contributed by atoms with van der Waals surface area (Å²) in [5, 5.41) is 5.90. The Balaban J connectivity index is 1.78. The van der Waals surface area contributed by atoms with Crippen LogP contribution in [0.2, 0.25) is 0 Å². The van der Waals surface area contributed by atoms with Gasteiger partial charge in [0.25, 0.3) is 11.8 Å². The third-order valence-electron chi connectivity index (χ3n) is 4.72. The van der Waals surface area contributed by atoms with Crippen molar-refractivity contribution in [2.75, 3.05) is 20.3 Å². The van der Waals surface area contributed by atoms with Gasteiger partial charge < -0.3 is 15.4 Å². The summed E-state index contributed by atoms with van der Waals surface area (Å²) in [6.07, 6.45) is 8.00. The maximum Gasteiger partial charge on any atom is 0.287 e. The molecule has 2 amide bonds. The average molecular weight is 358 g/mol. The molecule has 0 aromatic carbocycles. The highest BCUT2D eigenvalue weighted by Gasteiger charge is 2.23. The van der Waals surface area contributed by atoms with E-state index in [9.17, 15) is 9.59 Å². The van der Waals surface area contributed by atoms with Gasteiger partial charge in [-0.2, -0.15) is 0 Å². The van der Waals surface area contributed by atoms with Crippen LogP contribution >= 0.6 is 0 Å². The molecule has 0 aliphatic heterocycles. The summed E-state index contributed by atoms with van der Waals surface area (Å²) >= 11 is 0. The van der Waals surface area contributed by atoms with Gasteiger partial charge in [-0.05, 0) is 31.4 Å². The van der Waals surface area contributed by atoms with Crippen LogP contribution in [0.3, 0.4) is 0 Å². The summed E-state index contributed by atoms with van der Waals surface area (Å²) in [7, 11) is 1.63. The maximum atomic E-state index is 12.7. The fraction of sp³-hybridized carbons (Fsp3) is 0.526. The Morgan fingerprint density at radius 2 is 2.04 bits per heavy atom. The Morgan fingerprint density at radius 1 is 1.23 bits per heavy atom. The van der Waals surface area contributed by atoms with Crippen LogP contribution in [0.5, 0.6) is 0 Å². The molecule has 0 atom stereocenters. The molecule has 0 spiro atoms. The van der Waals surface area contributed by atoms with Gasteiger partial charge in [-0.25, -0.2) is 4.98 Å². The van der Waals surface area contributed by atoms with Crippen molar-refractivity contribution in [2.45, 2.75) is 44.6 Å². The fourth-order valence-corrected chi connectivity index (χ4v) is 3.36. The monoisotopic (exact) mass is 358 g/mol. The van der Waals surface area contributed by atoms with Crippen molar-refractivity contribution >= 4 is 17.3 Å². The van der Waals surface area contributed by atoms with Gasteiger partial charge in [0.15, 0.2) is 5.69 Å². The lowest BCUT2D eigenvalue weighted by Gasteiger charge is -2.22. The average Bonchev–Trinajstić information content (AvgIpc) is 3.06. The molecule has 2 aromatic heterocycles. The number of ether oxygens (including phenoxy) is 1. The molecule has 2 N–H and O–H groups in total. The summed E-state index contributed by atoms with van der Waals surface area (Å²) in [6, 6.07) is 5.65. The molecule has 26 heavy (non-hydrogen) atoms. The van der Waals surface area contributed by atoms with Gasteiger partial charge in [-0.1, -0.05) is 25.3 Å². The van der Waals surface area contributed by atoms with E-state index in [1.54, 1.807) is 23.8 Å². The van der Waals surface area contributed by atoms with Gasteiger partial charge in [0, 0.05) is 32.5 Å². The van der Waals surface area contributed by atoms with Crippen LogP contribution in [0.4, 0.5) is 0 Å². The van der Waals surface area contributed by atoms with E-state index in [1.165, 1.54) is 6.42 Å². The van der Waals surface area contributed by atoms with Gasteiger partial charge in [0.1, 0.15) is 0 Å². The minimum atomic E-state index is -0.276. The smallest absolute Gasteiger partial charge is 0.287 e. The normalized spacial score (nSPS) is 15.1. The van der Waals surface area contributed by atoms with E-state index in [0.717, 1.165) is 32.1 Å². The Kier molecular flexibility index (Phi) is 6.22. The largest absolute Gasteiger partial charge is 0.385 e. The van der Waals surface area contributed by atoms with Crippen LogP contribution in [0.15, 0.2) is 24.4 Å². The van der Waals surface area contributed by atoms with Crippen molar-refractivity contribution in [3.63, 3.8) is 0 Å². The molecule has 7 nitrogen and oxygen atoms in total. The zero-order chi connectivity index (χ0) is 18.4. The Labute approximate surface area is 153 Å². The fourth-order valence-electron chi connectivity index (χ4n) is 3.36. The SMILES string of the molecule is COCCCNC(=O)c1nc(C(=O)NC2CCCCC2)n2ccccc12. The number of carbonyl (C=O) groups is 2. The van der Waals surface area contributed by atoms with E-state index in [4.69, 9.17) is 4.74 Å². The van der Waals surface area contributed by atoms with E-state index in [-0.39, 0.29) is 29.4 Å². The molecule has 0 radical (unpaired) electrons. The first-order valence-corrected chi connectivity index (χ1v) is 9.26. The Hall–Kier alpha value is -2.41. The molecule has 1 fully saturated rings. The summed E-state index contributed by atoms with van der Waals surface area (Å²) < 4.78 is 6.67. The van der Waals surface area contributed by atoms with Crippen molar-refractivity contribution in [1.29, 1.82) is 0 Å². The van der Waals surface area contributed by atoms with E-state index in [2.05, 4.69) is 15.6 Å².